The van der Waals surface area contributed by atoms with Crippen LogP contribution in [0.2, 0.25) is 0 Å². The summed E-state index contributed by atoms with van der Waals surface area (Å²) in [5, 5.41) is 5.14. The second kappa shape index (κ2) is 8.57. The lowest BCUT2D eigenvalue weighted by atomic mass is 10.1. The lowest BCUT2D eigenvalue weighted by Crippen LogP contribution is -2.50. The van der Waals surface area contributed by atoms with Crippen LogP contribution in [0.5, 0.6) is 5.88 Å². The molecule has 0 saturated heterocycles. The summed E-state index contributed by atoms with van der Waals surface area (Å²) >= 11 is 0. The van der Waals surface area contributed by atoms with E-state index in [1.54, 1.807) is 0 Å². The van der Waals surface area contributed by atoms with E-state index in [-0.39, 0.29) is 28.2 Å². The minimum atomic E-state index is -4.74. The van der Waals surface area contributed by atoms with Gasteiger partial charge in [0.1, 0.15) is 18.2 Å². The van der Waals surface area contributed by atoms with Gasteiger partial charge in [-0.1, -0.05) is 0 Å². The topological polar surface area (TPSA) is 119 Å². The van der Waals surface area contributed by atoms with Gasteiger partial charge in [-0.05, 0) is 18.2 Å². The number of ether oxygens (including phenoxy) is 1. The van der Waals surface area contributed by atoms with E-state index < -0.39 is 64.0 Å². The number of halogens is 5. The van der Waals surface area contributed by atoms with Gasteiger partial charge in [-0.2, -0.15) is 18.2 Å². The first-order valence-corrected chi connectivity index (χ1v) is 11.3. The number of anilines is 1. The molecule has 3 heterocycles. The largest absolute Gasteiger partial charge is 0.481 e. The average Bonchev–Trinajstić information content (AvgIpc) is 2.75. The monoisotopic (exact) mass is 517 g/mol. The molecule has 15 heteroatoms. The summed E-state index contributed by atoms with van der Waals surface area (Å²) in [4.78, 5) is 21.7. The number of hydrogen-bond acceptors (Lipinski definition) is 6. The first kappa shape index (κ1) is 24.5. The molecule has 9 nitrogen and oxygen atoms in total. The number of rotatable bonds is 5. The summed E-state index contributed by atoms with van der Waals surface area (Å²) in [6, 6.07) is 2.65. The van der Waals surface area contributed by atoms with E-state index in [0.717, 1.165) is 4.90 Å². The molecule has 4 rings (SSSR count). The maximum atomic E-state index is 14.7. The molecule has 0 spiro atoms. The Morgan fingerprint density at radius 1 is 1.17 bits per heavy atom. The van der Waals surface area contributed by atoms with Gasteiger partial charge in [0.05, 0.1) is 30.8 Å². The number of benzene rings is 1. The maximum Gasteiger partial charge on any atom is 0.406 e. The molecule has 1 aliphatic heterocycles. The molecule has 186 valence electrons. The number of aromatic nitrogens is 2. The molecule has 2 amide bonds. The van der Waals surface area contributed by atoms with E-state index in [4.69, 9.17) is 9.88 Å². The summed E-state index contributed by atoms with van der Waals surface area (Å²) in [6.07, 6.45) is -3.53. The predicted octanol–water partition coefficient (Wildman–Crippen LogP) is 3.07. The molecule has 1 aromatic carbocycles. The Hall–Kier alpha value is -3.59. The van der Waals surface area contributed by atoms with Crippen LogP contribution in [0.1, 0.15) is 11.1 Å². The van der Waals surface area contributed by atoms with Crippen LogP contribution in [0.4, 0.5) is 32.4 Å². The number of methoxy groups -OCH3 is 1. The SMILES string of the molecule is COc1ccc2c3c(cnc2n1)CN(CC(F)(F)F)C(=O)N3Cc1c(F)cc(S(N)(=O)=O)cc1F. The molecule has 0 fully saturated rings. The number of urea groups is 1. The second-order valence-corrected chi connectivity index (χ2v) is 9.17. The van der Waals surface area contributed by atoms with Crippen molar-refractivity contribution in [2.75, 3.05) is 18.6 Å². The van der Waals surface area contributed by atoms with Gasteiger partial charge in [0.15, 0.2) is 5.65 Å². The zero-order chi connectivity index (χ0) is 25.7. The third-order valence-corrected chi connectivity index (χ3v) is 6.12. The number of fused-ring (bicyclic) bond motifs is 3. The van der Waals surface area contributed by atoms with Crippen molar-refractivity contribution in [2.24, 2.45) is 5.14 Å². The number of amides is 2. The molecular formula is C20H16F5N5O4S. The van der Waals surface area contributed by atoms with Crippen LogP contribution in [0.25, 0.3) is 11.0 Å². The number of nitrogens with two attached hydrogens (primary N) is 1. The molecule has 35 heavy (non-hydrogen) atoms. The average molecular weight is 517 g/mol. The molecule has 0 bridgehead atoms. The van der Waals surface area contributed by atoms with Crippen molar-refractivity contribution in [3.63, 3.8) is 0 Å². The predicted molar refractivity (Wildman–Crippen MR) is 112 cm³/mol. The fourth-order valence-corrected chi connectivity index (χ4v) is 4.25. The number of carbonyl (C=O) groups is 1. The Labute approximate surface area is 195 Å². The quantitative estimate of drug-likeness (QED) is 0.520. The van der Waals surface area contributed by atoms with Gasteiger partial charge in [-0.25, -0.2) is 32.1 Å². The van der Waals surface area contributed by atoms with E-state index in [2.05, 4.69) is 9.97 Å². The van der Waals surface area contributed by atoms with E-state index in [9.17, 15) is 35.2 Å². The minimum absolute atomic E-state index is 0.0582. The van der Waals surface area contributed by atoms with Gasteiger partial charge >= 0.3 is 12.2 Å². The van der Waals surface area contributed by atoms with Crippen molar-refractivity contribution in [3.8, 4) is 5.88 Å². The molecule has 1 aliphatic rings. The van der Waals surface area contributed by atoms with E-state index in [0.29, 0.717) is 17.0 Å². The van der Waals surface area contributed by atoms with Crippen LogP contribution in [0, 0.1) is 11.6 Å². The van der Waals surface area contributed by atoms with E-state index in [1.165, 1.54) is 25.4 Å². The molecule has 3 aromatic rings. The van der Waals surface area contributed by atoms with Crippen molar-refractivity contribution in [1.29, 1.82) is 0 Å². The lowest BCUT2D eigenvalue weighted by molar-refractivity contribution is -0.140. The summed E-state index contributed by atoms with van der Waals surface area (Å²) in [5.41, 5.74) is -0.439. The Kier molecular flexibility index (Phi) is 6.00. The first-order valence-electron chi connectivity index (χ1n) is 9.75. The van der Waals surface area contributed by atoms with Crippen molar-refractivity contribution in [3.05, 3.63) is 53.2 Å². The molecule has 2 N–H and O–H groups in total. The van der Waals surface area contributed by atoms with Gasteiger partial charge in [0, 0.05) is 28.8 Å². The number of sulfonamides is 1. The smallest absolute Gasteiger partial charge is 0.406 e. The highest BCUT2D eigenvalue weighted by molar-refractivity contribution is 7.89. The van der Waals surface area contributed by atoms with Crippen LogP contribution in [-0.2, 0) is 23.1 Å². The number of nitrogens with zero attached hydrogens (tertiary/aromatic N) is 4. The number of alkyl halides is 3. The van der Waals surface area contributed by atoms with E-state index in [1.807, 2.05) is 0 Å². The number of pyridine rings is 2. The Morgan fingerprint density at radius 3 is 2.40 bits per heavy atom. The highest BCUT2D eigenvalue weighted by Gasteiger charge is 2.40. The third kappa shape index (κ3) is 4.81. The van der Waals surface area contributed by atoms with E-state index >= 15 is 0 Å². The summed E-state index contributed by atoms with van der Waals surface area (Å²) in [5.74, 6) is -2.53. The standard InChI is InChI=1S/C20H16F5N5O4S/c1-34-16-3-2-12-17-10(6-27-18(12)28-16)7-29(9-20(23,24)25)19(31)30(17)8-13-14(21)4-11(5-15(13)22)35(26,32)33/h2-6H,7-9H2,1H3,(H2,26,32,33). The normalized spacial score (nSPS) is 14.4. The number of carbonyl (C=O) groups excluding carboxylic acids is 1. The maximum absolute atomic E-state index is 14.7. The minimum Gasteiger partial charge on any atom is -0.481 e. The Bertz CT molecular complexity index is 1420. The zero-order valence-corrected chi connectivity index (χ0v) is 18.6. The fourth-order valence-electron chi connectivity index (χ4n) is 3.72. The zero-order valence-electron chi connectivity index (χ0n) is 17.8. The lowest BCUT2D eigenvalue weighted by Gasteiger charge is -2.38. The molecule has 0 aliphatic carbocycles. The van der Waals surface area contributed by atoms with Crippen LogP contribution >= 0.6 is 0 Å². The Morgan fingerprint density at radius 2 is 1.83 bits per heavy atom. The Balaban J connectivity index is 1.88. The van der Waals surface area contributed by atoms with Gasteiger partial charge in [0.25, 0.3) is 0 Å². The summed E-state index contributed by atoms with van der Waals surface area (Å²) in [6.45, 7) is -2.93. The summed E-state index contributed by atoms with van der Waals surface area (Å²) < 4.78 is 96.8. The van der Waals surface area contributed by atoms with Crippen molar-refractivity contribution >= 4 is 32.8 Å². The highest BCUT2D eigenvalue weighted by atomic mass is 32.2. The van der Waals surface area contributed by atoms with Gasteiger partial charge in [-0.3, -0.25) is 4.90 Å². The highest BCUT2D eigenvalue weighted by Crippen LogP contribution is 2.37. The van der Waals surface area contributed by atoms with Crippen LogP contribution in [-0.4, -0.2) is 49.1 Å². The molecule has 0 saturated carbocycles. The fraction of sp³-hybridized carbons (Fsp3) is 0.250. The molecular weight excluding hydrogens is 501 g/mol. The molecule has 0 atom stereocenters. The van der Waals surface area contributed by atoms with Gasteiger partial charge < -0.3 is 9.64 Å². The van der Waals surface area contributed by atoms with Gasteiger partial charge in [-0.15, -0.1) is 0 Å². The third-order valence-electron chi connectivity index (χ3n) is 5.22. The number of hydrogen-bond donors (Lipinski definition) is 1. The number of primary sulfonamides is 1. The molecule has 2 aromatic heterocycles. The van der Waals surface area contributed by atoms with Crippen molar-refractivity contribution in [2.45, 2.75) is 24.2 Å². The van der Waals surface area contributed by atoms with Crippen molar-refractivity contribution < 1.29 is 39.9 Å². The van der Waals surface area contributed by atoms with Crippen LogP contribution < -0.4 is 14.8 Å². The van der Waals surface area contributed by atoms with Crippen LogP contribution in [0.15, 0.2) is 35.4 Å². The first-order chi connectivity index (χ1) is 16.3. The molecule has 0 unspecified atom stereocenters. The second-order valence-electron chi connectivity index (χ2n) is 7.61. The summed E-state index contributed by atoms with van der Waals surface area (Å²) in [7, 11) is -3.09. The van der Waals surface area contributed by atoms with Crippen molar-refractivity contribution in [1.82, 2.24) is 14.9 Å². The van der Waals surface area contributed by atoms with Gasteiger partial charge in [0.2, 0.25) is 15.9 Å². The molecule has 0 radical (unpaired) electrons. The van der Waals surface area contributed by atoms with Crippen LogP contribution in [0.3, 0.4) is 0 Å².